The Morgan fingerprint density at radius 2 is 2.06 bits per heavy atom. The zero-order chi connectivity index (χ0) is 13.3. The molecular formula is C13H12Br2N2O. The number of rotatable bonds is 2. The predicted molar refractivity (Wildman–Crippen MR) is 79.9 cm³/mol. The minimum Gasteiger partial charge on any atom is -0.345 e. The fourth-order valence-corrected chi connectivity index (χ4v) is 2.57. The third-order valence-corrected chi connectivity index (χ3v) is 4.13. The topological polar surface area (TPSA) is 34.0 Å². The third-order valence-electron chi connectivity index (χ3n) is 2.64. The monoisotopic (exact) mass is 370 g/mol. The van der Waals surface area contributed by atoms with Gasteiger partial charge in [-0.25, -0.2) is 0 Å². The molecule has 2 aromatic rings. The Labute approximate surface area is 122 Å². The molecule has 1 heterocycles. The van der Waals surface area contributed by atoms with Crippen LogP contribution in [0.3, 0.4) is 0 Å². The molecule has 1 aromatic carbocycles. The van der Waals surface area contributed by atoms with Gasteiger partial charge in [-0.2, -0.15) is 0 Å². The van der Waals surface area contributed by atoms with Gasteiger partial charge in [0, 0.05) is 22.2 Å². The molecule has 3 nitrogen and oxygen atoms in total. The van der Waals surface area contributed by atoms with Crippen LogP contribution in [0, 0.1) is 6.92 Å². The molecule has 0 atom stereocenters. The Morgan fingerprint density at radius 1 is 1.33 bits per heavy atom. The molecule has 1 amide bonds. The summed E-state index contributed by atoms with van der Waals surface area (Å²) in [6, 6.07) is 7.56. The number of anilines is 1. The van der Waals surface area contributed by atoms with Crippen molar-refractivity contribution in [2.45, 2.75) is 6.92 Å². The molecule has 0 spiro atoms. The number of aromatic nitrogens is 1. The molecule has 2 rings (SSSR count). The van der Waals surface area contributed by atoms with Gasteiger partial charge in [-0.05, 0) is 56.5 Å². The standard InChI is InChI=1S/C13H12Br2N2O/c1-8-4-3-5-10(12(8)15)16-13(18)11-6-9(14)7-17(11)2/h3-7H,1-2H3,(H,16,18). The molecule has 0 fully saturated rings. The molecule has 0 unspecified atom stereocenters. The quantitative estimate of drug-likeness (QED) is 0.846. The van der Waals surface area contributed by atoms with Crippen LogP contribution in [0.15, 0.2) is 39.4 Å². The highest BCUT2D eigenvalue weighted by Gasteiger charge is 2.13. The van der Waals surface area contributed by atoms with Crippen LogP contribution in [-0.2, 0) is 7.05 Å². The predicted octanol–water partition coefficient (Wildman–Crippen LogP) is 4.11. The first-order valence-electron chi connectivity index (χ1n) is 5.37. The van der Waals surface area contributed by atoms with E-state index >= 15 is 0 Å². The van der Waals surface area contributed by atoms with Gasteiger partial charge >= 0.3 is 0 Å². The number of hydrogen-bond donors (Lipinski definition) is 1. The SMILES string of the molecule is Cc1cccc(NC(=O)c2cc(Br)cn2C)c1Br. The molecule has 1 N–H and O–H groups in total. The number of nitrogens with one attached hydrogen (secondary N) is 1. The molecule has 1 aromatic heterocycles. The molecule has 5 heteroatoms. The van der Waals surface area contributed by atoms with Crippen molar-refractivity contribution < 1.29 is 4.79 Å². The Morgan fingerprint density at radius 3 is 2.67 bits per heavy atom. The lowest BCUT2D eigenvalue weighted by molar-refractivity contribution is 0.101. The van der Waals surface area contributed by atoms with Crippen molar-refractivity contribution in [3.05, 3.63) is 50.7 Å². The van der Waals surface area contributed by atoms with Gasteiger partial charge < -0.3 is 9.88 Å². The number of aryl methyl sites for hydroxylation is 2. The van der Waals surface area contributed by atoms with Crippen molar-refractivity contribution in [1.82, 2.24) is 4.57 Å². The van der Waals surface area contributed by atoms with Crippen molar-refractivity contribution in [3.63, 3.8) is 0 Å². The molecular weight excluding hydrogens is 360 g/mol. The lowest BCUT2D eigenvalue weighted by Crippen LogP contribution is -2.15. The van der Waals surface area contributed by atoms with Gasteiger partial charge in [0.25, 0.3) is 5.91 Å². The van der Waals surface area contributed by atoms with Crippen molar-refractivity contribution in [2.24, 2.45) is 7.05 Å². The maximum atomic E-state index is 12.1. The lowest BCUT2D eigenvalue weighted by atomic mass is 10.2. The summed E-state index contributed by atoms with van der Waals surface area (Å²) < 4.78 is 3.58. The Bertz CT molecular complexity index is 605. The number of carbonyl (C=O) groups excluding carboxylic acids is 1. The summed E-state index contributed by atoms with van der Waals surface area (Å²) in [5.74, 6) is -0.130. The second-order valence-corrected chi connectivity index (χ2v) is 5.75. The minimum absolute atomic E-state index is 0.130. The van der Waals surface area contributed by atoms with E-state index in [-0.39, 0.29) is 5.91 Å². The second-order valence-electron chi connectivity index (χ2n) is 4.05. The molecule has 0 saturated heterocycles. The maximum Gasteiger partial charge on any atom is 0.272 e. The van der Waals surface area contributed by atoms with E-state index in [2.05, 4.69) is 37.2 Å². The largest absolute Gasteiger partial charge is 0.345 e. The van der Waals surface area contributed by atoms with Crippen LogP contribution < -0.4 is 5.32 Å². The van der Waals surface area contributed by atoms with E-state index in [4.69, 9.17) is 0 Å². The van der Waals surface area contributed by atoms with E-state index in [0.29, 0.717) is 5.69 Å². The molecule has 0 bridgehead atoms. The first-order chi connectivity index (χ1) is 8.49. The lowest BCUT2D eigenvalue weighted by Gasteiger charge is -2.09. The Kier molecular flexibility index (Phi) is 3.92. The summed E-state index contributed by atoms with van der Waals surface area (Å²) >= 11 is 6.83. The molecule has 0 radical (unpaired) electrons. The molecule has 0 aliphatic rings. The van der Waals surface area contributed by atoms with E-state index < -0.39 is 0 Å². The third kappa shape index (κ3) is 2.67. The first-order valence-corrected chi connectivity index (χ1v) is 6.96. The van der Waals surface area contributed by atoms with E-state index in [1.165, 1.54) is 0 Å². The number of benzene rings is 1. The molecule has 0 aliphatic carbocycles. The van der Waals surface area contributed by atoms with E-state index in [1.807, 2.05) is 38.4 Å². The van der Waals surface area contributed by atoms with Crippen molar-refractivity contribution in [3.8, 4) is 0 Å². The molecule has 94 valence electrons. The average Bonchev–Trinajstić information content (AvgIpc) is 2.64. The van der Waals surface area contributed by atoms with Crippen LogP contribution in [0.1, 0.15) is 16.1 Å². The Balaban J connectivity index is 2.27. The van der Waals surface area contributed by atoms with Gasteiger partial charge in [-0.1, -0.05) is 12.1 Å². The Hall–Kier alpha value is -1.07. The van der Waals surface area contributed by atoms with Gasteiger partial charge in [0.15, 0.2) is 0 Å². The zero-order valence-electron chi connectivity index (χ0n) is 10.00. The number of nitrogens with zero attached hydrogens (tertiary/aromatic N) is 1. The average molecular weight is 372 g/mol. The highest BCUT2D eigenvalue weighted by atomic mass is 79.9. The van der Waals surface area contributed by atoms with Crippen LogP contribution in [0.25, 0.3) is 0 Å². The van der Waals surface area contributed by atoms with Gasteiger partial charge in [0.2, 0.25) is 0 Å². The highest BCUT2D eigenvalue weighted by Crippen LogP contribution is 2.26. The van der Waals surface area contributed by atoms with E-state index in [1.54, 1.807) is 10.6 Å². The molecule has 0 aliphatic heterocycles. The summed E-state index contributed by atoms with van der Waals surface area (Å²) in [6.07, 6.45) is 1.85. The smallest absolute Gasteiger partial charge is 0.272 e. The van der Waals surface area contributed by atoms with E-state index in [9.17, 15) is 4.79 Å². The first kappa shape index (κ1) is 13.4. The zero-order valence-corrected chi connectivity index (χ0v) is 13.2. The number of hydrogen-bond acceptors (Lipinski definition) is 1. The molecule has 18 heavy (non-hydrogen) atoms. The van der Waals surface area contributed by atoms with Crippen molar-refractivity contribution in [2.75, 3.05) is 5.32 Å². The summed E-state index contributed by atoms with van der Waals surface area (Å²) in [4.78, 5) is 12.1. The van der Waals surface area contributed by atoms with Crippen molar-refractivity contribution >= 4 is 43.5 Å². The fraction of sp³-hybridized carbons (Fsp3) is 0.154. The number of amides is 1. The van der Waals surface area contributed by atoms with Gasteiger partial charge in [0.05, 0.1) is 5.69 Å². The number of halogens is 2. The van der Waals surface area contributed by atoms with Gasteiger partial charge in [-0.3, -0.25) is 4.79 Å². The summed E-state index contributed by atoms with van der Waals surface area (Å²) in [5.41, 5.74) is 2.47. The van der Waals surface area contributed by atoms with Crippen LogP contribution >= 0.6 is 31.9 Å². The summed E-state index contributed by atoms with van der Waals surface area (Å²) in [5, 5.41) is 2.89. The van der Waals surface area contributed by atoms with Crippen LogP contribution in [-0.4, -0.2) is 10.5 Å². The van der Waals surface area contributed by atoms with Gasteiger partial charge in [-0.15, -0.1) is 0 Å². The minimum atomic E-state index is -0.130. The fourth-order valence-electron chi connectivity index (χ4n) is 1.68. The van der Waals surface area contributed by atoms with Crippen molar-refractivity contribution in [1.29, 1.82) is 0 Å². The second kappa shape index (κ2) is 5.28. The van der Waals surface area contributed by atoms with Crippen LogP contribution in [0.2, 0.25) is 0 Å². The van der Waals surface area contributed by atoms with Crippen LogP contribution in [0.4, 0.5) is 5.69 Å². The summed E-state index contributed by atoms with van der Waals surface area (Å²) in [6.45, 7) is 1.98. The van der Waals surface area contributed by atoms with Crippen LogP contribution in [0.5, 0.6) is 0 Å². The highest BCUT2D eigenvalue weighted by molar-refractivity contribution is 9.11. The number of carbonyl (C=O) groups is 1. The molecule has 0 saturated carbocycles. The van der Waals surface area contributed by atoms with E-state index in [0.717, 1.165) is 20.2 Å². The normalized spacial score (nSPS) is 10.4. The van der Waals surface area contributed by atoms with Gasteiger partial charge in [0.1, 0.15) is 5.69 Å². The summed E-state index contributed by atoms with van der Waals surface area (Å²) in [7, 11) is 1.84. The maximum absolute atomic E-state index is 12.1.